The van der Waals surface area contributed by atoms with Crippen molar-refractivity contribution in [3.05, 3.63) is 0 Å². The van der Waals surface area contributed by atoms with E-state index in [-0.39, 0.29) is 25.7 Å². The Morgan fingerprint density at radius 1 is 1.16 bits per heavy atom. The molecule has 8 heteroatoms. The van der Waals surface area contributed by atoms with E-state index in [9.17, 15) is 14.4 Å². The summed E-state index contributed by atoms with van der Waals surface area (Å²) in [5.74, 6) is 1.06. The molecule has 0 aliphatic heterocycles. The van der Waals surface area contributed by atoms with Crippen molar-refractivity contribution in [1.29, 1.82) is 0 Å². The molecule has 0 aromatic heterocycles. The Bertz CT molecular complexity index is 375. The van der Waals surface area contributed by atoms with Crippen molar-refractivity contribution >= 4 is 18.0 Å². The average Bonchev–Trinajstić information content (AvgIpc) is 2.32. The van der Waals surface area contributed by atoms with Crippen LogP contribution in [0.5, 0.6) is 0 Å². The molecule has 106 valence electrons. The van der Waals surface area contributed by atoms with Gasteiger partial charge in [0.15, 0.2) is 0 Å². The fourth-order valence-electron chi connectivity index (χ4n) is 1.08. The van der Waals surface area contributed by atoms with Gasteiger partial charge < -0.3 is 25.5 Å². The maximum Gasteiger partial charge on any atom is 0.323 e. The zero-order chi connectivity index (χ0) is 14.8. The smallest absolute Gasteiger partial charge is 0.323 e. The van der Waals surface area contributed by atoms with Gasteiger partial charge in [0.2, 0.25) is 0 Å². The third-order valence-corrected chi connectivity index (χ3v) is 1.98. The zero-order valence-corrected chi connectivity index (χ0v) is 11.0. The molecule has 0 fully saturated rings. The third kappa shape index (κ3) is 7.49. The van der Waals surface area contributed by atoms with E-state index in [4.69, 9.17) is 11.5 Å². The molecule has 0 spiro atoms. The first kappa shape index (κ1) is 16.6. The summed E-state index contributed by atoms with van der Waals surface area (Å²) in [7, 11) is 3.19. The molecule has 4 amide bonds. The van der Waals surface area contributed by atoms with E-state index >= 15 is 0 Å². The third-order valence-electron chi connectivity index (χ3n) is 1.98. The molecule has 0 aliphatic rings. The van der Waals surface area contributed by atoms with Crippen molar-refractivity contribution in [2.24, 2.45) is 0 Å². The van der Waals surface area contributed by atoms with Crippen molar-refractivity contribution in [3.63, 3.8) is 0 Å². The number of carboxylic acids is 1. The van der Waals surface area contributed by atoms with Crippen LogP contribution < -0.4 is 10.6 Å². The van der Waals surface area contributed by atoms with Gasteiger partial charge in [-0.2, -0.15) is 0 Å². The molecular weight excluding hydrogens is 252 g/mol. The predicted molar refractivity (Wildman–Crippen MR) is 68.5 cm³/mol. The number of carbonyl (C=O) groups is 3. The van der Waals surface area contributed by atoms with E-state index in [2.05, 4.69) is 16.6 Å². The Balaban J connectivity index is 4.03. The fourth-order valence-corrected chi connectivity index (χ4v) is 1.08. The van der Waals surface area contributed by atoms with E-state index in [0.717, 1.165) is 4.90 Å². The lowest BCUT2D eigenvalue weighted by atomic mass is 10.5. The van der Waals surface area contributed by atoms with Gasteiger partial charge in [-0.1, -0.05) is 5.92 Å². The molecule has 0 atom stereocenters. The lowest BCUT2D eigenvalue weighted by molar-refractivity contribution is -0.137. The Kier molecular flexibility index (Phi) is 7.53. The van der Waals surface area contributed by atoms with Crippen molar-refractivity contribution in [1.82, 2.24) is 20.4 Å². The average molecular weight is 270 g/mol. The maximum absolute atomic E-state index is 11.6. The fraction of sp³-hybridized carbons (Fsp3) is 0.545. The van der Waals surface area contributed by atoms with E-state index < -0.39 is 18.5 Å². The van der Waals surface area contributed by atoms with Gasteiger partial charge in [0.1, 0.15) is 6.54 Å². The van der Waals surface area contributed by atoms with E-state index in [1.807, 2.05) is 0 Å². The van der Waals surface area contributed by atoms with Crippen molar-refractivity contribution in [2.45, 2.75) is 0 Å². The first-order chi connectivity index (χ1) is 8.88. The molecule has 0 rings (SSSR count). The zero-order valence-electron chi connectivity index (χ0n) is 11.0. The van der Waals surface area contributed by atoms with Crippen LogP contribution in [0.4, 0.5) is 9.59 Å². The number of terminal acetylenes is 1. The Morgan fingerprint density at radius 3 is 2.11 bits per heavy atom. The lowest BCUT2D eigenvalue weighted by Crippen LogP contribution is -2.46. The number of hydrogen-bond donors (Lipinski definition) is 3. The molecule has 0 bridgehead atoms. The monoisotopic (exact) mass is 270 g/mol. The molecule has 19 heavy (non-hydrogen) atoms. The summed E-state index contributed by atoms with van der Waals surface area (Å²) in [5, 5.41) is 13.6. The largest absolute Gasteiger partial charge is 0.480 e. The molecule has 0 aromatic carbocycles. The summed E-state index contributed by atoms with van der Waals surface area (Å²) < 4.78 is 0. The first-order valence-corrected chi connectivity index (χ1v) is 5.51. The molecule has 8 nitrogen and oxygen atoms in total. The number of amides is 4. The van der Waals surface area contributed by atoms with Gasteiger partial charge in [0.25, 0.3) is 0 Å². The summed E-state index contributed by atoms with van der Waals surface area (Å²) in [5.41, 5.74) is 0. The summed E-state index contributed by atoms with van der Waals surface area (Å²) >= 11 is 0. The first-order valence-electron chi connectivity index (χ1n) is 5.51. The number of rotatable bonds is 6. The van der Waals surface area contributed by atoms with E-state index in [1.165, 1.54) is 4.90 Å². The minimum atomic E-state index is -1.15. The predicted octanol–water partition coefficient (Wildman–Crippen LogP) is -1.01. The van der Waals surface area contributed by atoms with Crippen molar-refractivity contribution < 1.29 is 19.5 Å². The summed E-state index contributed by atoms with van der Waals surface area (Å²) in [4.78, 5) is 35.6. The number of urea groups is 2. The Hall–Kier alpha value is -2.43. The summed E-state index contributed by atoms with van der Waals surface area (Å²) in [6.45, 7) is -0.152. The molecule has 0 saturated carbocycles. The van der Waals surface area contributed by atoms with E-state index in [0.29, 0.717) is 0 Å². The van der Waals surface area contributed by atoms with Crippen molar-refractivity contribution in [3.8, 4) is 12.3 Å². The van der Waals surface area contributed by atoms with Gasteiger partial charge in [-0.25, -0.2) is 9.59 Å². The maximum atomic E-state index is 11.6. The molecule has 0 radical (unpaired) electrons. The van der Waals surface area contributed by atoms with Crippen LogP contribution in [0, 0.1) is 12.3 Å². The quantitative estimate of drug-likeness (QED) is 0.425. The second-order valence-corrected chi connectivity index (χ2v) is 3.81. The number of carbonyl (C=O) groups excluding carboxylic acids is 2. The van der Waals surface area contributed by atoms with Crippen LogP contribution in [0.3, 0.4) is 0 Å². The SMILES string of the molecule is C#CCN(CC(=O)O)C(=O)NCCNC(=O)N(C)C. The van der Waals surface area contributed by atoms with E-state index in [1.54, 1.807) is 14.1 Å². The van der Waals surface area contributed by atoms with Gasteiger partial charge in [-0.15, -0.1) is 6.42 Å². The van der Waals surface area contributed by atoms with Crippen LogP contribution in [0.2, 0.25) is 0 Å². The normalized spacial score (nSPS) is 9.11. The Labute approximate surface area is 111 Å². The molecule has 0 aromatic rings. The highest BCUT2D eigenvalue weighted by Gasteiger charge is 2.14. The number of carboxylic acid groups (broad SMARTS) is 1. The summed E-state index contributed by atoms with van der Waals surface area (Å²) in [6, 6.07) is -0.861. The minimum Gasteiger partial charge on any atom is -0.480 e. The number of hydrogen-bond acceptors (Lipinski definition) is 3. The molecule has 0 unspecified atom stereocenters. The molecule has 0 aliphatic carbocycles. The van der Waals surface area contributed by atoms with Crippen molar-refractivity contribution in [2.75, 3.05) is 40.3 Å². The van der Waals surface area contributed by atoms with Crippen LogP contribution >= 0.6 is 0 Å². The van der Waals surface area contributed by atoms with Gasteiger partial charge >= 0.3 is 18.0 Å². The summed E-state index contributed by atoms with van der Waals surface area (Å²) in [6.07, 6.45) is 5.04. The topological polar surface area (TPSA) is 102 Å². The van der Waals surface area contributed by atoms with Crippen LogP contribution in [-0.4, -0.2) is 73.2 Å². The number of nitrogens with one attached hydrogen (secondary N) is 2. The highest BCUT2D eigenvalue weighted by atomic mass is 16.4. The molecular formula is C11H18N4O4. The molecule has 3 N–H and O–H groups in total. The van der Waals surface area contributed by atoms with Crippen LogP contribution in [-0.2, 0) is 4.79 Å². The van der Waals surface area contributed by atoms with Gasteiger partial charge in [0, 0.05) is 27.2 Å². The minimum absolute atomic E-state index is 0.0950. The van der Waals surface area contributed by atoms with Crippen LogP contribution in [0.15, 0.2) is 0 Å². The van der Waals surface area contributed by atoms with Crippen LogP contribution in [0.25, 0.3) is 0 Å². The molecule has 0 saturated heterocycles. The lowest BCUT2D eigenvalue weighted by Gasteiger charge is -2.19. The number of aliphatic carboxylic acids is 1. The molecule has 0 heterocycles. The van der Waals surface area contributed by atoms with Gasteiger partial charge in [-0.3, -0.25) is 4.79 Å². The highest BCUT2D eigenvalue weighted by Crippen LogP contribution is 1.88. The van der Waals surface area contributed by atoms with Gasteiger partial charge in [-0.05, 0) is 0 Å². The highest BCUT2D eigenvalue weighted by molar-refractivity contribution is 5.80. The number of nitrogens with zero attached hydrogens (tertiary/aromatic N) is 2. The standard InChI is InChI=1S/C11H18N4O4/c1-4-7-15(8-9(16)17)11(19)13-6-5-12-10(18)14(2)3/h1H,5-8H2,2-3H3,(H,12,18)(H,13,19)(H,16,17). The second-order valence-electron chi connectivity index (χ2n) is 3.81. The van der Waals surface area contributed by atoms with Crippen LogP contribution in [0.1, 0.15) is 0 Å². The Morgan fingerprint density at radius 2 is 1.68 bits per heavy atom. The van der Waals surface area contributed by atoms with Gasteiger partial charge in [0.05, 0.1) is 6.54 Å². The second kappa shape index (κ2) is 8.63.